The zero-order chi connectivity index (χ0) is 14.9. The fourth-order valence-corrected chi connectivity index (χ4v) is 2.95. The summed E-state index contributed by atoms with van der Waals surface area (Å²) in [4.78, 5) is 14.5. The number of carbonyl (C=O) groups is 1. The van der Waals surface area contributed by atoms with E-state index in [2.05, 4.69) is 15.9 Å². The van der Waals surface area contributed by atoms with Crippen molar-refractivity contribution in [3.05, 3.63) is 34.3 Å². The van der Waals surface area contributed by atoms with E-state index in [1.54, 1.807) is 12.1 Å². The van der Waals surface area contributed by atoms with Crippen molar-refractivity contribution in [2.45, 2.75) is 32.5 Å². The smallest absolute Gasteiger partial charge is 0.254 e. The molecule has 5 heteroatoms. The number of morpholine rings is 1. The quantitative estimate of drug-likeness (QED) is 0.753. The third-order valence-electron chi connectivity index (χ3n) is 3.35. The van der Waals surface area contributed by atoms with Crippen molar-refractivity contribution in [1.29, 1.82) is 0 Å². The molecule has 0 bridgehead atoms. The van der Waals surface area contributed by atoms with E-state index < -0.39 is 0 Å². The second-order valence-electron chi connectivity index (χ2n) is 5.80. The van der Waals surface area contributed by atoms with Gasteiger partial charge in [0.15, 0.2) is 0 Å². The minimum atomic E-state index is -0.326. The molecule has 20 heavy (non-hydrogen) atoms. The lowest BCUT2D eigenvalue weighted by atomic mass is 10.0. The molecule has 1 aliphatic rings. The minimum absolute atomic E-state index is 0.0242. The van der Waals surface area contributed by atoms with Gasteiger partial charge in [0, 0.05) is 29.0 Å². The Hall–Kier alpha value is -0.580. The summed E-state index contributed by atoms with van der Waals surface area (Å²) in [5.41, 5.74) is 1.27. The average Bonchev–Trinajstić information content (AvgIpc) is 2.39. The molecule has 110 valence electrons. The van der Waals surface area contributed by atoms with Crippen LogP contribution in [-0.2, 0) is 4.74 Å². The zero-order valence-corrected chi connectivity index (χ0v) is 14.3. The molecular weight excluding hydrogens is 342 g/mol. The van der Waals surface area contributed by atoms with Crippen LogP contribution in [0.1, 0.15) is 29.8 Å². The number of halogens is 2. The number of rotatable bonds is 2. The van der Waals surface area contributed by atoms with E-state index in [0.29, 0.717) is 23.7 Å². The van der Waals surface area contributed by atoms with Crippen LogP contribution in [0.3, 0.4) is 0 Å². The van der Waals surface area contributed by atoms with Gasteiger partial charge in [0.05, 0.1) is 11.7 Å². The van der Waals surface area contributed by atoms with E-state index in [0.717, 1.165) is 10.9 Å². The third kappa shape index (κ3) is 3.54. The Bertz CT molecular complexity index is 519. The Kier molecular flexibility index (Phi) is 4.77. The summed E-state index contributed by atoms with van der Waals surface area (Å²) in [6, 6.07) is 5.40. The van der Waals surface area contributed by atoms with Crippen LogP contribution >= 0.6 is 27.5 Å². The normalized spacial score (nSPS) is 21.9. The highest BCUT2D eigenvalue weighted by atomic mass is 79.9. The molecule has 1 heterocycles. The Morgan fingerprint density at radius 2 is 2.25 bits per heavy atom. The summed E-state index contributed by atoms with van der Waals surface area (Å²) in [6.07, 6.45) is 0.0242. The van der Waals surface area contributed by atoms with E-state index >= 15 is 0 Å². The van der Waals surface area contributed by atoms with E-state index in [4.69, 9.17) is 16.3 Å². The lowest BCUT2D eigenvalue weighted by molar-refractivity contribution is -0.116. The summed E-state index contributed by atoms with van der Waals surface area (Å²) in [5, 5.41) is 1.40. The molecule has 1 amide bonds. The van der Waals surface area contributed by atoms with Gasteiger partial charge in [0.1, 0.15) is 0 Å². The number of alkyl halides is 1. The maximum absolute atomic E-state index is 12.6. The Morgan fingerprint density at radius 3 is 2.85 bits per heavy atom. The van der Waals surface area contributed by atoms with Gasteiger partial charge in [-0.25, -0.2) is 0 Å². The van der Waals surface area contributed by atoms with Crippen molar-refractivity contribution in [3.63, 3.8) is 0 Å². The van der Waals surface area contributed by atoms with Gasteiger partial charge in [0.25, 0.3) is 5.91 Å². The number of hydrogen-bond acceptors (Lipinski definition) is 2. The fourth-order valence-electron chi connectivity index (χ4n) is 2.49. The number of hydrogen-bond donors (Lipinski definition) is 0. The second kappa shape index (κ2) is 6.04. The van der Waals surface area contributed by atoms with Crippen LogP contribution in [-0.4, -0.2) is 40.9 Å². The molecule has 1 aliphatic heterocycles. The molecule has 0 aliphatic carbocycles. The summed E-state index contributed by atoms with van der Waals surface area (Å²) in [7, 11) is 0. The van der Waals surface area contributed by atoms with Gasteiger partial charge in [-0.1, -0.05) is 27.5 Å². The molecule has 1 fully saturated rings. The molecule has 0 saturated carbocycles. The van der Waals surface area contributed by atoms with Crippen molar-refractivity contribution < 1.29 is 9.53 Å². The van der Waals surface area contributed by atoms with Gasteiger partial charge in [-0.3, -0.25) is 4.79 Å². The van der Waals surface area contributed by atoms with Crippen molar-refractivity contribution in [2.75, 3.05) is 18.4 Å². The molecule has 0 radical (unpaired) electrons. The van der Waals surface area contributed by atoms with Gasteiger partial charge in [-0.2, -0.15) is 0 Å². The highest BCUT2D eigenvalue weighted by molar-refractivity contribution is 9.09. The number of aryl methyl sites for hydroxylation is 1. The van der Waals surface area contributed by atoms with Gasteiger partial charge in [-0.15, -0.1) is 0 Å². The summed E-state index contributed by atoms with van der Waals surface area (Å²) >= 11 is 9.45. The van der Waals surface area contributed by atoms with Crippen LogP contribution in [0.5, 0.6) is 0 Å². The van der Waals surface area contributed by atoms with Crippen molar-refractivity contribution >= 4 is 33.4 Å². The first-order chi connectivity index (χ1) is 9.32. The lowest BCUT2D eigenvalue weighted by Crippen LogP contribution is -2.55. The first kappa shape index (κ1) is 15.8. The molecule has 0 aromatic heterocycles. The molecule has 1 unspecified atom stereocenters. The van der Waals surface area contributed by atoms with Crippen LogP contribution in [0.15, 0.2) is 18.2 Å². The number of carbonyl (C=O) groups excluding carboxylic acids is 1. The third-order valence-corrected chi connectivity index (χ3v) is 4.49. The van der Waals surface area contributed by atoms with Gasteiger partial charge in [-0.05, 0) is 44.5 Å². The highest BCUT2D eigenvalue weighted by Crippen LogP contribution is 2.24. The number of ether oxygens (including phenoxy) is 1. The van der Waals surface area contributed by atoms with Crippen molar-refractivity contribution in [1.82, 2.24) is 4.90 Å². The average molecular weight is 361 g/mol. The van der Waals surface area contributed by atoms with Crippen LogP contribution in [0.2, 0.25) is 5.02 Å². The molecule has 0 spiro atoms. The number of amides is 1. The molecule has 2 rings (SSSR count). The monoisotopic (exact) mass is 359 g/mol. The molecule has 1 aromatic carbocycles. The number of benzene rings is 1. The lowest BCUT2D eigenvalue weighted by Gasteiger charge is -2.42. The number of nitrogens with zero attached hydrogens (tertiary/aromatic N) is 1. The Morgan fingerprint density at radius 1 is 1.55 bits per heavy atom. The predicted octanol–water partition coefficient (Wildman–Crippen LogP) is 3.66. The summed E-state index contributed by atoms with van der Waals surface area (Å²) in [6.45, 7) is 7.13. The topological polar surface area (TPSA) is 29.5 Å². The molecule has 1 atom stereocenters. The largest absolute Gasteiger partial charge is 0.368 e. The maximum Gasteiger partial charge on any atom is 0.254 e. The zero-order valence-electron chi connectivity index (χ0n) is 12.0. The SMILES string of the molecule is Cc1cc(C(=O)N2CC(CBr)OC(C)(C)C2)ccc1Cl. The first-order valence-corrected chi connectivity index (χ1v) is 8.11. The molecule has 0 N–H and O–H groups in total. The van der Waals surface area contributed by atoms with Crippen LogP contribution in [0, 0.1) is 6.92 Å². The summed E-state index contributed by atoms with van der Waals surface area (Å²) < 4.78 is 5.92. The molecule has 1 aromatic rings. The van der Waals surface area contributed by atoms with Gasteiger partial charge < -0.3 is 9.64 Å². The van der Waals surface area contributed by atoms with Crippen molar-refractivity contribution in [2.24, 2.45) is 0 Å². The van der Waals surface area contributed by atoms with E-state index in [-0.39, 0.29) is 17.6 Å². The Balaban J connectivity index is 2.21. The van der Waals surface area contributed by atoms with E-state index in [1.165, 1.54) is 0 Å². The second-order valence-corrected chi connectivity index (χ2v) is 6.86. The molecular formula is C15H19BrClNO2. The standard InChI is InChI=1S/C15H19BrClNO2/c1-10-6-11(4-5-13(10)17)14(19)18-8-12(7-16)20-15(2,3)9-18/h4-6,12H,7-9H2,1-3H3. The van der Waals surface area contributed by atoms with Gasteiger partial charge in [0.2, 0.25) is 0 Å². The molecule has 1 saturated heterocycles. The van der Waals surface area contributed by atoms with E-state index in [1.807, 2.05) is 31.7 Å². The predicted molar refractivity (Wildman–Crippen MR) is 84.8 cm³/mol. The van der Waals surface area contributed by atoms with Crippen molar-refractivity contribution in [3.8, 4) is 0 Å². The minimum Gasteiger partial charge on any atom is -0.368 e. The maximum atomic E-state index is 12.6. The fraction of sp³-hybridized carbons (Fsp3) is 0.533. The van der Waals surface area contributed by atoms with Crippen LogP contribution in [0.4, 0.5) is 0 Å². The Labute approximate surface area is 133 Å². The van der Waals surface area contributed by atoms with E-state index in [9.17, 15) is 4.79 Å². The van der Waals surface area contributed by atoms with Crippen LogP contribution < -0.4 is 0 Å². The molecule has 3 nitrogen and oxygen atoms in total. The summed E-state index contributed by atoms with van der Waals surface area (Å²) in [5.74, 6) is 0.0343. The van der Waals surface area contributed by atoms with Crippen LogP contribution in [0.25, 0.3) is 0 Å². The highest BCUT2D eigenvalue weighted by Gasteiger charge is 2.35. The first-order valence-electron chi connectivity index (χ1n) is 6.61. The van der Waals surface area contributed by atoms with Gasteiger partial charge >= 0.3 is 0 Å².